The lowest BCUT2D eigenvalue weighted by Gasteiger charge is -2.14. The van der Waals surface area contributed by atoms with Crippen LogP contribution in [-0.4, -0.2) is 62.1 Å². The first kappa shape index (κ1) is 15.3. The van der Waals surface area contributed by atoms with Crippen molar-refractivity contribution in [2.45, 2.75) is 0 Å². The van der Waals surface area contributed by atoms with E-state index in [1.54, 1.807) is 0 Å². The van der Waals surface area contributed by atoms with Gasteiger partial charge in [-0.15, -0.1) is 0 Å². The Labute approximate surface area is 111 Å². The quantitative estimate of drug-likeness (QED) is 0.728. The Morgan fingerprint density at radius 3 is 2.47 bits per heavy atom. The number of nitrogens with one attached hydrogen (secondary N) is 1. The molecule has 0 radical (unpaired) electrons. The van der Waals surface area contributed by atoms with Gasteiger partial charge in [-0.2, -0.15) is 0 Å². The van der Waals surface area contributed by atoms with Gasteiger partial charge in [0.25, 0.3) is 5.91 Å². The lowest BCUT2D eigenvalue weighted by atomic mass is 10.3. The minimum atomic E-state index is -3.23. The summed E-state index contributed by atoms with van der Waals surface area (Å²) in [5, 5.41) is 2.57. The molecule has 1 rings (SSSR count). The largest absolute Gasteiger partial charge is 0.467 e. The Kier molecular flexibility index (Phi) is 5.19. The van der Waals surface area contributed by atoms with Crippen molar-refractivity contribution in [3.05, 3.63) is 18.0 Å². The number of rotatable bonds is 6. The molecule has 0 atom stereocenters. The fourth-order valence-electron chi connectivity index (χ4n) is 1.13. The van der Waals surface area contributed by atoms with Crippen LogP contribution in [0.4, 0.5) is 0 Å². The van der Waals surface area contributed by atoms with Gasteiger partial charge in [0.1, 0.15) is 0 Å². The third-order valence-electron chi connectivity index (χ3n) is 2.35. The molecule has 0 saturated carbocycles. The molecule has 0 spiro atoms. The molecule has 8 nitrogen and oxygen atoms in total. The molecule has 1 N–H and O–H groups in total. The number of carbonyl (C=O) groups excluding carboxylic acids is 1. The van der Waals surface area contributed by atoms with Gasteiger partial charge in [-0.25, -0.2) is 22.7 Å². The van der Waals surface area contributed by atoms with Crippen LogP contribution >= 0.6 is 0 Å². The van der Waals surface area contributed by atoms with Crippen LogP contribution in [0.25, 0.3) is 0 Å². The molecule has 0 aliphatic carbocycles. The number of carbonyl (C=O) groups is 1. The third-order valence-corrected chi connectivity index (χ3v) is 3.67. The minimum Gasteiger partial charge on any atom is -0.467 e. The van der Waals surface area contributed by atoms with Crippen LogP contribution in [-0.2, 0) is 10.0 Å². The predicted octanol–water partition coefficient (Wildman–Crippen LogP) is -0.894. The van der Waals surface area contributed by atoms with E-state index in [0.29, 0.717) is 0 Å². The molecule has 1 heterocycles. The van der Waals surface area contributed by atoms with E-state index < -0.39 is 10.0 Å². The van der Waals surface area contributed by atoms with Gasteiger partial charge in [0.2, 0.25) is 10.0 Å². The predicted molar refractivity (Wildman–Crippen MR) is 68.4 cm³/mol. The highest BCUT2D eigenvalue weighted by molar-refractivity contribution is 7.88. The molecule has 1 amide bonds. The van der Waals surface area contributed by atoms with Crippen LogP contribution in [0.1, 0.15) is 10.4 Å². The van der Waals surface area contributed by atoms with Gasteiger partial charge in [-0.3, -0.25) is 4.79 Å². The number of nitrogens with zero attached hydrogens (tertiary/aromatic N) is 3. The summed E-state index contributed by atoms with van der Waals surface area (Å²) in [6.45, 7) is 0.399. The van der Waals surface area contributed by atoms with Crippen LogP contribution in [0.5, 0.6) is 6.01 Å². The molecular weight excluding hydrogens is 272 g/mol. The van der Waals surface area contributed by atoms with Crippen molar-refractivity contribution >= 4 is 15.9 Å². The molecule has 106 valence electrons. The fraction of sp³-hybridized carbons (Fsp3) is 0.500. The Morgan fingerprint density at radius 1 is 1.42 bits per heavy atom. The van der Waals surface area contributed by atoms with Crippen LogP contribution in [0.15, 0.2) is 12.4 Å². The van der Waals surface area contributed by atoms with Gasteiger partial charge in [0.05, 0.1) is 18.9 Å². The second kappa shape index (κ2) is 6.43. The highest BCUT2D eigenvalue weighted by atomic mass is 32.2. The van der Waals surface area contributed by atoms with Gasteiger partial charge in [-0.1, -0.05) is 0 Å². The Bertz CT molecular complexity index is 529. The number of hydrogen-bond acceptors (Lipinski definition) is 6. The van der Waals surface area contributed by atoms with Crippen molar-refractivity contribution in [2.24, 2.45) is 0 Å². The molecule has 19 heavy (non-hydrogen) atoms. The summed E-state index contributed by atoms with van der Waals surface area (Å²) in [7, 11) is -0.364. The molecule has 0 aromatic carbocycles. The molecule has 0 aliphatic rings. The fourth-order valence-corrected chi connectivity index (χ4v) is 1.56. The van der Waals surface area contributed by atoms with E-state index in [2.05, 4.69) is 15.3 Å². The third kappa shape index (κ3) is 4.79. The van der Waals surface area contributed by atoms with E-state index in [1.807, 2.05) is 0 Å². The van der Waals surface area contributed by atoms with Gasteiger partial charge in [-0.05, 0) is 0 Å². The summed E-state index contributed by atoms with van der Waals surface area (Å²) in [5.41, 5.74) is 0.280. The number of likely N-dealkylation sites (N-methyl/N-ethyl adjacent to an activating group) is 1. The lowest BCUT2D eigenvalue weighted by Crippen LogP contribution is -2.35. The second-order valence-corrected chi connectivity index (χ2v) is 5.89. The van der Waals surface area contributed by atoms with Crippen LogP contribution in [0, 0.1) is 0 Å². The Morgan fingerprint density at radius 2 is 2.00 bits per heavy atom. The zero-order chi connectivity index (χ0) is 14.5. The van der Waals surface area contributed by atoms with Crippen molar-refractivity contribution in [3.8, 4) is 6.01 Å². The van der Waals surface area contributed by atoms with Crippen molar-refractivity contribution in [1.29, 1.82) is 0 Å². The first-order chi connectivity index (χ1) is 8.84. The van der Waals surface area contributed by atoms with Crippen LogP contribution in [0.2, 0.25) is 0 Å². The van der Waals surface area contributed by atoms with E-state index in [4.69, 9.17) is 4.74 Å². The Hall–Kier alpha value is -1.74. The second-order valence-electron chi connectivity index (χ2n) is 3.80. The molecular formula is C10H16N4O4S. The number of sulfonamides is 1. The van der Waals surface area contributed by atoms with Crippen LogP contribution < -0.4 is 10.1 Å². The maximum atomic E-state index is 11.7. The molecule has 0 bridgehead atoms. The highest BCUT2D eigenvalue weighted by Crippen LogP contribution is 2.01. The molecule has 0 unspecified atom stereocenters. The topological polar surface area (TPSA) is 101 Å². The van der Waals surface area contributed by atoms with Gasteiger partial charge in [0.15, 0.2) is 0 Å². The number of methoxy groups -OCH3 is 1. The molecule has 1 aromatic rings. The summed E-state index contributed by atoms with van der Waals surface area (Å²) < 4.78 is 28.2. The maximum Gasteiger partial charge on any atom is 0.316 e. The van der Waals surface area contributed by atoms with Gasteiger partial charge in [0, 0.05) is 32.5 Å². The van der Waals surface area contributed by atoms with Crippen molar-refractivity contribution in [1.82, 2.24) is 19.6 Å². The molecule has 0 fully saturated rings. The summed E-state index contributed by atoms with van der Waals surface area (Å²) in [4.78, 5) is 19.3. The average molecular weight is 288 g/mol. The highest BCUT2D eigenvalue weighted by Gasteiger charge is 2.11. The van der Waals surface area contributed by atoms with Gasteiger partial charge < -0.3 is 10.1 Å². The molecule has 1 aromatic heterocycles. The van der Waals surface area contributed by atoms with Crippen molar-refractivity contribution in [3.63, 3.8) is 0 Å². The number of amides is 1. The number of aromatic nitrogens is 2. The van der Waals surface area contributed by atoms with E-state index in [-0.39, 0.29) is 30.6 Å². The minimum absolute atomic E-state index is 0.174. The SMILES string of the molecule is COc1ncc(C(=O)NCCN(C)S(C)(=O)=O)cn1. The first-order valence-electron chi connectivity index (χ1n) is 5.40. The Balaban J connectivity index is 2.47. The summed E-state index contributed by atoms with van der Waals surface area (Å²) >= 11 is 0. The summed E-state index contributed by atoms with van der Waals surface area (Å²) in [5.74, 6) is -0.371. The van der Waals surface area contributed by atoms with E-state index >= 15 is 0 Å². The molecule has 0 saturated heterocycles. The lowest BCUT2D eigenvalue weighted by molar-refractivity contribution is 0.0951. The monoisotopic (exact) mass is 288 g/mol. The first-order valence-corrected chi connectivity index (χ1v) is 7.25. The standard InChI is InChI=1S/C10H16N4O4S/c1-14(19(3,16)17)5-4-11-9(15)8-6-12-10(18-2)13-7-8/h6-7H,4-5H2,1-3H3,(H,11,15). The van der Waals surface area contributed by atoms with Gasteiger partial charge >= 0.3 is 6.01 Å². The number of hydrogen-bond donors (Lipinski definition) is 1. The molecule has 9 heteroatoms. The van der Waals surface area contributed by atoms with E-state index in [9.17, 15) is 13.2 Å². The molecule has 0 aliphatic heterocycles. The number of ether oxygens (including phenoxy) is 1. The summed E-state index contributed by atoms with van der Waals surface area (Å²) in [6.07, 6.45) is 3.77. The maximum absolute atomic E-state index is 11.7. The van der Waals surface area contributed by atoms with E-state index in [0.717, 1.165) is 10.6 Å². The van der Waals surface area contributed by atoms with Crippen LogP contribution in [0.3, 0.4) is 0 Å². The van der Waals surface area contributed by atoms with Crippen molar-refractivity contribution < 1.29 is 17.9 Å². The van der Waals surface area contributed by atoms with E-state index in [1.165, 1.54) is 26.6 Å². The smallest absolute Gasteiger partial charge is 0.316 e. The van der Waals surface area contributed by atoms with Crippen molar-refractivity contribution in [2.75, 3.05) is 33.5 Å². The average Bonchev–Trinajstić information content (AvgIpc) is 2.37. The zero-order valence-corrected chi connectivity index (χ0v) is 11.8. The zero-order valence-electron chi connectivity index (χ0n) is 11.0. The summed E-state index contributed by atoms with van der Waals surface area (Å²) in [6, 6.07) is 0.174. The normalized spacial score (nSPS) is 11.4.